The number of hydrogen-bond acceptors (Lipinski definition) is 4. The minimum Gasteiger partial charge on any atom is -0.368 e. The molecular weight excluding hydrogens is 458 g/mol. The Morgan fingerprint density at radius 2 is 1.55 bits per heavy atom. The van der Waals surface area contributed by atoms with Gasteiger partial charge >= 0.3 is 0 Å². The number of benzene rings is 3. The van der Waals surface area contributed by atoms with Crippen molar-refractivity contribution in [3.8, 4) is 0 Å². The minimum atomic E-state index is -3.74. The van der Waals surface area contributed by atoms with Crippen molar-refractivity contribution in [3.05, 3.63) is 88.9 Å². The summed E-state index contributed by atoms with van der Waals surface area (Å²) >= 11 is 5.98. The summed E-state index contributed by atoms with van der Waals surface area (Å²) in [5, 5.41) is 0.694. The fourth-order valence-corrected chi connectivity index (χ4v) is 6.15. The Kier molecular flexibility index (Phi) is 5.76. The second-order valence-corrected chi connectivity index (χ2v) is 10.5. The number of fused-ring (bicyclic) bond motifs is 1. The summed E-state index contributed by atoms with van der Waals surface area (Å²) < 4.78 is 28.2. The standard InChI is InChI=1S/C25H24ClN3O3S/c26-21-8-10-22(11-9-21)27-14-16-28(17-15-27)25(30)20-5-3-6-23(18-20)33(31,32)29-13-12-19-4-1-2-7-24(19)29/h1-11,18H,12-17H2. The van der Waals surface area contributed by atoms with Crippen LogP contribution < -0.4 is 9.21 Å². The second kappa shape index (κ2) is 8.72. The summed E-state index contributed by atoms with van der Waals surface area (Å²) in [4.78, 5) is 17.3. The van der Waals surface area contributed by atoms with Gasteiger partial charge in [0.2, 0.25) is 0 Å². The summed E-state index contributed by atoms with van der Waals surface area (Å²) in [6, 6.07) is 21.6. The van der Waals surface area contributed by atoms with Crippen molar-refractivity contribution in [3.63, 3.8) is 0 Å². The lowest BCUT2D eigenvalue weighted by molar-refractivity contribution is 0.0746. The summed E-state index contributed by atoms with van der Waals surface area (Å²) in [5.41, 5.74) is 3.20. The molecule has 0 aliphatic carbocycles. The molecule has 3 aromatic carbocycles. The first-order chi connectivity index (χ1) is 15.9. The summed E-state index contributed by atoms with van der Waals surface area (Å²) in [6.45, 7) is 2.95. The number of carbonyl (C=O) groups is 1. The molecule has 33 heavy (non-hydrogen) atoms. The van der Waals surface area contributed by atoms with E-state index in [2.05, 4.69) is 4.90 Å². The molecule has 6 nitrogen and oxygen atoms in total. The zero-order valence-corrected chi connectivity index (χ0v) is 19.6. The zero-order valence-electron chi connectivity index (χ0n) is 18.0. The lowest BCUT2D eigenvalue weighted by atomic mass is 10.1. The van der Waals surface area contributed by atoms with Gasteiger partial charge in [0.15, 0.2) is 0 Å². The van der Waals surface area contributed by atoms with Gasteiger partial charge in [-0.15, -0.1) is 0 Å². The quantitative estimate of drug-likeness (QED) is 0.564. The molecule has 0 N–H and O–H groups in total. The normalized spacial score (nSPS) is 16.1. The number of nitrogens with zero attached hydrogens (tertiary/aromatic N) is 3. The molecule has 1 fully saturated rings. The Hall–Kier alpha value is -3.03. The number of piperazine rings is 1. The SMILES string of the molecule is O=C(c1cccc(S(=O)(=O)N2CCc3ccccc32)c1)N1CCN(c2ccc(Cl)cc2)CC1. The van der Waals surface area contributed by atoms with Crippen LogP contribution in [0.5, 0.6) is 0 Å². The molecule has 0 bridgehead atoms. The van der Waals surface area contributed by atoms with Gasteiger partial charge in [-0.3, -0.25) is 9.10 Å². The van der Waals surface area contributed by atoms with Crippen LogP contribution in [-0.4, -0.2) is 51.9 Å². The van der Waals surface area contributed by atoms with Crippen molar-refractivity contribution in [2.45, 2.75) is 11.3 Å². The molecule has 1 amide bonds. The third-order valence-corrected chi connectivity index (χ3v) is 8.33. The Labute approximate surface area is 199 Å². The van der Waals surface area contributed by atoms with Crippen LogP contribution in [0.3, 0.4) is 0 Å². The Morgan fingerprint density at radius 3 is 2.30 bits per heavy atom. The maximum Gasteiger partial charge on any atom is 0.264 e. The average molecular weight is 482 g/mol. The number of hydrogen-bond donors (Lipinski definition) is 0. The molecule has 0 radical (unpaired) electrons. The number of halogens is 1. The van der Waals surface area contributed by atoms with Gasteiger partial charge in [0.25, 0.3) is 15.9 Å². The summed E-state index contributed by atoms with van der Waals surface area (Å²) in [7, 11) is -3.74. The van der Waals surface area contributed by atoms with Crippen molar-refractivity contribution >= 4 is 38.9 Å². The van der Waals surface area contributed by atoms with Gasteiger partial charge in [-0.1, -0.05) is 35.9 Å². The highest BCUT2D eigenvalue weighted by atomic mass is 35.5. The number of sulfonamides is 1. The number of carbonyl (C=O) groups excluding carboxylic acids is 1. The van der Waals surface area contributed by atoms with E-state index in [4.69, 9.17) is 11.6 Å². The molecule has 1 saturated heterocycles. The van der Waals surface area contributed by atoms with Crippen molar-refractivity contribution < 1.29 is 13.2 Å². The molecule has 2 aliphatic rings. The van der Waals surface area contributed by atoms with Crippen molar-refractivity contribution in [1.82, 2.24) is 4.90 Å². The van der Waals surface area contributed by atoms with E-state index < -0.39 is 10.0 Å². The maximum atomic E-state index is 13.4. The summed E-state index contributed by atoms with van der Waals surface area (Å²) in [5.74, 6) is -0.148. The predicted octanol–water partition coefficient (Wildman–Crippen LogP) is 4.05. The maximum absolute atomic E-state index is 13.4. The van der Waals surface area contributed by atoms with Crippen LogP contribution in [-0.2, 0) is 16.4 Å². The molecule has 0 atom stereocenters. The van der Waals surface area contributed by atoms with Crippen LogP contribution in [0.25, 0.3) is 0 Å². The number of para-hydroxylation sites is 1. The molecule has 3 aromatic rings. The average Bonchev–Trinajstić information content (AvgIpc) is 3.29. The Balaban J connectivity index is 1.31. The van der Waals surface area contributed by atoms with E-state index in [-0.39, 0.29) is 10.8 Å². The second-order valence-electron chi connectivity index (χ2n) is 8.24. The first kappa shape index (κ1) is 21.8. The zero-order chi connectivity index (χ0) is 23.0. The van der Waals surface area contributed by atoms with Gasteiger partial charge in [-0.25, -0.2) is 8.42 Å². The smallest absolute Gasteiger partial charge is 0.264 e. The van der Waals surface area contributed by atoms with Gasteiger partial charge in [0, 0.05) is 49.0 Å². The van der Waals surface area contributed by atoms with Crippen molar-refractivity contribution in [2.24, 2.45) is 0 Å². The van der Waals surface area contributed by atoms with Crippen molar-refractivity contribution in [1.29, 1.82) is 0 Å². The van der Waals surface area contributed by atoms with E-state index in [0.717, 1.165) is 11.3 Å². The van der Waals surface area contributed by atoms with E-state index in [1.165, 1.54) is 10.4 Å². The molecular formula is C25H24ClN3O3S. The Bertz CT molecular complexity index is 1290. The van der Waals surface area contributed by atoms with E-state index in [9.17, 15) is 13.2 Å². The van der Waals surface area contributed by atoms with E-state index in [1.807, 2.05) is 48.5 Å². The van der Waals surface area contributed by atoms with Gasteiger partial charge in [-0.2, -0.15) is 0 Å². The fraction of sp³-hybridized carbons (Fsp3) is 0.240. The molecule has 0 saturated carbocycles. The molecule has 8 heteroatoms. The predicted molar refractivity (Wildman–Crippen MR) is 131 cm³/mol. The number of anilines is 2. The first-order valence-electron chi connectivity index (χ1n) is 10.9. The third kappa shape index (κ3) is 4.18. The third-order valence-electron chi connectivity index (χ3n) is 6.27. The van der Waals surface area contributed by atoms with Crippen LogP contribution in [0.2, 0.25) is 5.02 Å². The Morgan fingerprint density at radius 1 is 0.818 bits per heavy atom. The van der Waals surface area contributed by atoms with Crippen LogP contribution in [0.15, 0.2) is 77.7 Å². The molecule has 5 rings (SSSR count). The van der Waals surface area contributed by atoms with Gasteiger partial charge < -0.3 is 9.80 Å². The van der Waals surface area contributed by atoms with Gasteiger partial charge in [-0.05, 0) is 60.5 Å². The molecule has 0 unspecified atom stereocenters. The molecule has 0 aromatic heterocycles. The van der Waals surface area contributed by atoms with E-state index >= 15 is 0 Å². The van der Waals surface area contributed by atoms with Crippen LogP contribution in [0.1, 0.15) is 15.9 Å². The minimum absolute atomic E-state index is 0.143. The van der Waals surface area contributed by atoms with Gasteiger partial charge in [0.05, 0.1) is 10.6 Å². The topological polar surface area (TPSA) is 60.9 Å². The first-order valence-corrected chi connectivity index (χ1v) is 12.8. The highest BCUT2D eigenvalue weighted by Gasteiger charge is 2.31. The van der Waals surface area contributed by atoms with E-state index in [0.29, 0.717) is 55.4 Å². The van der Waals surface area contributed by atoms with Gasteiger partial charge in [0.1, 0.15) is 0 Å². The number of amides is 1. The molecule has 170 valence electrons. The van der Waals surface area contributed by atoms with Crippen LogP contribution in [0, 0.1) is 0 Å². The summed E-state index contributed by atoms with van der Waals surface area (Å²) in [6.07, 6.45) is 0.686. The van der Waals surface area contributed by atoms with Crippen molar-refractivity contribution in [2.75, 3.05) is 41.9 Å². The highest BCUT2D eigenvalue weighted by Crippen LogP contribution is 2.33. The highest BCUT2D eigenvalue weighted by molar-refractivity contribution is 7.92. The monoisotopic (exact) mass is 481 g/mol. The molecule has 2 aliphatic heterocycles. The van der Waals surface area contributed by atoms with E-state index in [1.54, 1.807) is 23.1 Å². The lowest BCUT2D eigenvalue weighted by Crippen LogP contribution is -2.48. The van der Waals surface area contributed by atoms with Crippen LogP contribution in [0.4, 0.5) is 11.4 Å². The van der Waals surface area contributed by atoms with Crippen LogP contribution >= 0.6 is 11.6 Å². The molecule has 0 spiro atoms. The number of rotatable bonds is 4. The fourth-order valence-electron chi connectivity index (χ4n) is 4.48. The lowest BCUT2D eigenvalue weighted by Gasteiger charge is -2.36. The largest absolute Gasteiger partial charge is 0.368 e. The molecule has 2 heterocycles.